The smallest absolute Gasteiger partial charge is 0.159 e. The van der Waals surface area contributed by atoms with Gasteiger partial charge in [-0.25, -0.2) is 9.98 Å². The van der Waals surface area contributed by atoms with Crippen LogP contribution in [0.3, 0.4) is 0 Å². The van der Waals surface area contributed by atoms with Gasteiger partial charge in [-0.1, -0.05) is 188 Å². The molecule has 0 N–H and O–H groups in total. The van der Waals surface area contributed by atoms with Gasteiger partial charge in [0.25, 0.3) is 0 Å². The molecule has 0 aliphatic carbocycles. The lowest BCUT2D eigenvalue weighted by Gasteiger charge is -2.33. The van der Waals surface area contributed by atoms with Crippen molar-refractivity contribution in [1.29, 1.82) is 0 Å². The number of hydrogen-bond donors (Lipinski definition) is 0. The summed E-state index contributed by atoms with van der Waals surface area (Å²) < 4.78 is 9.77. The molecule has 7 heteroatoms. The predicted molar refractivity (Wildman–Crippen MR) is 346 cm³/mol. The van der Waals surface area contributed by atoms with Crippen LogP contribution in [0.25, 0.3) is 121 Å². The summed E-state index contributed by atoms with van der Waals surface area (Å²) in [5.41, 5.74) is 19.1. The number of aromatic nitrogens is 4. The second-order valence-corrected chi connectivity index (χ2v) is 21.8. The van der Waals surface area contributed by atoms with Gasteiger partial charge >= 0.3 is 0 Å². The average Bonchev–Trinajstić information content (AvgIpc) is 2.28. The van der Waals surface area contributed by atoms with Gasteiger partial charge in [0.1, 0.15) is 5.84 Å². The summed E-state index contributed by atoms with van der Waals surface area (Å²) >= 11 is 0. The third-order valence-electron chi connectivity index (χ3n) is 17.2. The van der Waals surface area contributed by atoms with E-state index in [1.165, 1.54) is 65.3 Å². The monoisotopic (exact) mass is 1060 g/mol. The van der Waals surface area contributed by atoms with E-state index in [-0.39, 0.29) is 6.17 Å². The summed E-state index contributed by atoms with van der Waals surface area (Å²) in [5, 5.41) is 9.68. The van der Waals surface area contributed by atoms with Gasteiger partial charge in [-0.3, -0.25) is 0 Å². The number of aliphatic imine (C=N–C) groups is 2. The van der Waals surface area contributed by atoms with Gasteiger partial charge < -0.3 is 23.2 Å². The first kappa shape index (κ1) is 46.9. The Hall–Kier alpha value is -11.0. The third-order valence-corrected chi connectivity index (χ3v) is 17.2. The number of hydrogen-bond acceptors (Lipinski definition) is 3. The Morgan fingerprint density at radius 2 is 0.675 bits per heavy atom. The lowest BCUT2D eigenvalue weighted by Crippen LogP contribution is -2.35. The summed E-state index contributed by atoms with van der Waals surface area (Å²) in [7, 11) is 2.12. The molecular weight excluding hydrogens is 1010 g/mol. The molecule has 0 radical (unpaired) electrons. The highest BCUT2D eigenvalue weighted by molar-refractivity contribution is 6.16. The van der Waals surface area contributed by atoms with Crippen molar-refractivity contribution in [3.8, 4) is 33.9 Å². The van der Waals surface area contributed by atoms with Crippen molar-refractivity contribution in [3.63, 3.8) is 0 Å². The zero-order chi connectivity index (χ0) is 54.7. The van der Waals surface area contributed by atoms with E-state index in [1.54, 1.807) is 0 Å². The van der Waals surface area contributed by atoms with Crippen molar-refractivity contribution >= 4 is 98.9 Å². The Labute approximate surface area is 478 Å². The molecule has 1 aliphatic heterocycles. The topological polar surface area (TPSA) is 47.7 Å². The maximum Gasteiger partial charge on any atom is 0.159 e. The zero-order valence-electron chi connectivity index (χ0n) is 45.3. The highest BCUT2D eigenvalue weighted by Crippen LogP contribution is 2.43. The van der Waals surface area contributed by atoms with Crippen LogP contribution in [0.5, 0.6) is 0 Å². The largest absolute Gasteiger partial charge is 0.333 e. The van der Waals surface area contributed by atoms with Gasteiger partial charge in [0.05, 0.1) is 55.5 Å². The lowest BCUT2D eigenvalue weighted by molar-refractivity contribution is 0.383. The summed E-state index contributed by atoms with van der Waals surface area (Å²) in [6.45, 7) is 0. The molecule has 0 fully saturated rings. The molecule has 0 saturated heterocycles. The molecule has 0 amide bonds. The minimum atomic E-state index is -0.385. The number of amidine groups is 2. The van der Waals surface area contributed by atoms with Crippen LogP contribution in [0.1, 0.15) is 22.9 Å². The molecule has 0 spiro atoms. The van der Waals surface area contributed by atoms with Crippen molar-refractivity contribution in [1.82, 2.24) is 23.2 Å². The van der Waals surface area contributed by atoms with E-state index < -0.39 is 0 Å². The van der Waals surface area contributed by atoms with E-state index >= 15 is 0 Å². The maximum atomic E-state index is 5.50. The van der Waals surface area contributed by atoms with Crippen molar-refractivity contribution in [3.05, 3.63) is 302 Å². The van der Waals surface area contributed by atoms with E-state index in [1.807, 2.05) is 6.07 Å². The van der Waals surface area contributed by atoms with Gasteiger partial charge in [-0.2, -0.15) is 0 Å². The molecule has 16 aromatic rings. The molecule has 1 atom stereocenters. The summed E-state index contributed by atoms with van der Waals surface area (Å²) in [5.74, 6) is 1.57. The number of rotatable bonds is 8. The van der Waals surface area contributed by atoms with Gasteiger partial charge in [0.15, 0.2) is 12.0 Å². The van der Waals surface area contributed by atoms with E-state index in [2.05, 4.69) is 309 Å². The van der Waals surface area contributed by atoms with E-state index in [4.69, 9.17) is 9.98 Å². The number of fused-ring (bicyclic) bond motifs is 12. The summed E-state index contributed by atoms with van der Waals surface area (Å²) in [6, 6.07) is 104. The minimum absolute atomic E-state index is 0.385. The third kappa shape index (κ3) is 7.24. The number of para-hydroxylation sites is 6. The minimum Gasteiger partial charge on any atom is -0.333 e. The fraction of sp³-hybridized carbons (Fsp3) is 0.0263. The number of benzene rings is 12. The fourth-order valence-corrected chi connectivity index (χ4v) is 13.5. The van der Waals surface area contributed by atoms with E-state index in [9.17, 15) is 0 Å². The second-order valence-electron chi connectivity index (χ2n) is 21.8. The Kier molecular flexibility index (Phi) is 10.5. The van der Waals surface area contributed by atoms with Crippen molar-refractivity contribution < 1.29 is 0 Å². The molecule has 0 bridgehead atoms. The highest BCUT2D eigenvalue weighted by Gasteiger charge is 2.29. The molecule has 83 heavy (non-hydrogen) atoms. The summed E-state index contributed by atoms with van der Waals surface area (Å²) in [4.78, 5) is 13.0. The standard InChI is InChI=1S/C76H51N7/c1-79-75(50-23-7-3-8-24-50)77-74(49-21-5-2-6-22-49)78-76(79)53-39-43-72(82-66-34-18-11-27-56(66)57-28-12-19-35-67(57)82)73(47-53)83-68-36-20-15-31-60(68)63-48-55(40-44-71(63)83)81-65-33-17-14-30-59(65)62-46-52(38-42-70(62)81)51-37-41-69-61(45-51)58-29-13-16-32-64(58)80(69)54-25-9-4-10-26-54/h2-48,76H,1H3. The first-order valence-corrected chi connectivity index (χ1v) is 28.4. The SMILES string of the molecule is CN1C(c2ccccc2)=NC(c2ccccc2)=NC1c1ccc(-n2c3ccccc3c3ccccc32)c(-n2c3ccccc3c3cc(-n4c5ccccc5c5cc(-c6ccc7c(c6)c6ccccc6n7-c6ccccc6)ccc54)ccc32)c1. The molecule has 1 unspecified atom stereocenters. The van der Waals surface area contributed by atoms with Crippen LogP contribution >= 0.6 is 0 Å². The molecule has 7 nitrogen and oxygen atoms in total. The van der Waals surface area contributed by atoms with Crippen LogP contribution in [0.2, 0.25) is 0 Å². The molecule has 4 aromatic heterocycles. The predicted octanol–water partition coefficient (Wildman–Crippen LogP) is 18.6. The van der Waals surface area contributed by atoms with Crippen LogP contribution in [-0.4, -0.2) is 41.9 Å². The highest BCUT2D eigenvalue weighted by atomic mass is 15.3. The quantitative estimate of drug-likeness (QED) is 0.150. The van der Waals surface area contributed by atoms with E-state index in [0.717, 1.165) is 78.4 Å². The lowest BCUT2D eigenvalue weighted by atomic mass is 10.0. The van der Waals surface area contributed by atoms with Crippen molar-refractivity contribution in [2.24, 2.45) is 9.98 Å². The fourth-order valence-electron chi connectivity index (χ4n) is 13.5. The first-order valence-electron chi connectivity index (χ1n) is 28.4. The Bertz CT molecular complexity index is 5290. The molecule has 12 aromatic carbocycles. The molecule has 390 valence electrons. The van der Waals surface area contributed by atoms with Gasteiger partial charge in [-0.15, -0.1) is 0 Å². The first-order chi connectivity index (χ1) is 41.1. The molecule has 0 saturated carbocycles. The van der Waals surface area contributed by atoms with Crippen LogP contribution in [0.4, 0.5) is 0 Å². The summed E-state index contributed by atoms with van der Waals surface area (Å²) in [6.07, 6.45) is -0.385. The second kappa shape index (κ2) is 18.5. The number of nitrogens with zero attached hydrogens (tertiary/aromatic N) is 7. The van der Waals surface area contributed by atoms with Gasteiger partial charge in [0, 0.05) is 72.6 Å². The molecular formula is C76H51N7. The maximum absolute atomic E-state index is 5.50. The van der Waals surface area contributed by atoms with Crippen molar-refractivity contribution in [2.75, 3.05) is 7.05 Å². The van der Waals surface area contributed by atoms with Crippen LogP contribution in [0, 0.1) is 0 Å². The van der Waals surface area contributed by atoms with E-state index in [0.29, 0.717) is 5.84 Å². The Balaban J connectivity index is 0.856. The molecule has 17 rings (SSSR count). The Morgan fingerprint density at radius 3 is 1.22 bits per heavy atom. The Morgan fingerprint density at radius 1 is 0.277 bits per heavy atom. The zero-order valence-corrected chi connectivity index (χ0v) is 45.3. The molecule has 5 heterocycles. The van der Waals surface area contributed by atoms with Crippen LogP contribution in [-0.2, 0) is 0 Å². The molecule has 1 aliphatic rings. The van der Waals surface area contributed by atoms with Gasteiger partial charge in [-0.05, 0) is 114 Å². The van der Waals surface area contributed by atoms with Gasteiger partial charge in [0.2, 0.25) is 0 Å². The average molecular weight is 1060 g/mol. The van der Waals surface area contributed by atoms with Crippen molar-refractivity contribution in [2.45, 2.75) is 6.17 Å². The van der Waals surface area contributed by atoms with Crippen LogP contribution < -0.4 is 0 Å². The normalized spacial score (nSPS) is 13.8. The van der Waals surface area contributed by atoms with Crippen LogP contribution in [0.15, 0.2) is 295 Å².